The molecule has 0 amide bonds. The summed E-state index contributed by atoms with van der Waals surface area (Å²) in [6.45, 7) is 2.73. The molecule has 1 aromatic heterocycles. The molecule has 0 spiro atoms. The first-order valence-electron chi connectivity index (χ1n) is 8.88. The average molecular weight is 351 g/mol. The summed E-state index contributed by atoms with van der Waals surface area (Å²) in [5.41, 5.74) is 2.31. The van der Waals surface area contributed by atoms with Gasteiger partial charge in [-0.3, -0.25) is 4.90 Å². The van der Waals surface area contributed by atoms with E-state index in [-0.39, 0.29) is 0 Å². The van der Waals surface area contributed by atoms with E-state index in [9.17, 15) is 5.11 Å². The summed E-state index contributed by atoms with van der Waals surface area (Å²) in [7, 11) is 0. The number of nitrogens with zero attached hydrogens (tertiary/aromatic N) is 1. The van der Waals surface area contributed by atoms with Gasteiger partial charge in [0.25, 0.3) is 0 Å². The van der Waals surface area contributed by atoms with Gasteiger partial charge in [0.15, 0.2) is 0 Å². The minimum atomic E-state index is -0.558. The Morgan fingerprint density at radius 2 is 1.54 bits per heavy atom. The Morgan fingerprint density at radius 1 is 0.846 bits per heavy atom. The van der Waals surface area contributed by atoms with E-state index in [1.165, 1.54) is 5.56 Å². The van der Waals surface area contributed by atoms with E-state index in [1.807, 2.05) is 60.7 Å². The van der Waals surface area contributed by atoms with Crippen LogP contribution in [0, 0.1) is 0 Å². The summed E-state index contributed by atoms with van der Waals surface area (Å²) >= 11 is 0. The van der Waals surface area contributed by atoms with Crippen molar-refractivity contribution < 1.29 is 14.3 Å². The van der Waals surface area contributed by atoms with E-state index in [2.05, 4.69) is 17.0 Å². The molecule has 4 nitrogen and oxygen atoms in total. The zero-order valence-corrected chi connectivity index (χ0v) is 14.8. The smallest absolute Gasteiger partial charge is 0.117 e. The number of aliphatic hydroxyl groups excluding tert-OH is 1. The van der Waals surface area contributed by atoms with Crippen LogP contribution in [0.15, 0.2) is 83.5 Å². The van der Waals surface area contributed by atoms with Crippen LogP contribution in [0.5, 0.6) is 0 Å². The standard InChI is InChI=1S/C22H25NO3/c24-21(18-25-17-20-10-5-2-6-11-20)15-23(16-22-12-7-13-26-22)14-19-8-3-1-4-9-19/h1-13,21,24H,14-18H2. The Hall–Kier alpha value is -2.40. The lowest BCUT2D eigenvalue weighted by Crippen LogP contribution is -2.34. The third kappa shape index (κ3) is 6.15. The van der Waals surface area contributed by atoms with Crippen LogP contribution in [0.3, 0.4) is 0 Å². The number of rotatable bonds is 10. The molecule has 1 atom stereocenters. The fourth-order valence-electron chi connectivity index (χ4n) is 2.89. The van der Waals surface area contributed by atoms with Gasteiger partial charge in [-0.25, -0.2) is 0 Å². The van der Waals surface area contributed by atoms with Gasteiger partial charge in [0.05, 0.1) is 32.1 Å². The highest BCUT2D eigenvalue weighted by Crippen LogP contribution is 2.11. The van der Waals surface area contributed by atoms with Crippen LogP contribution in [-0.2, 0) is 24.4 Å². The first-order valence-corrected chi connectivity index (χ1v) is 8.88. The predicted octanol–water partition coefficient (Wildman–Crippen LogP) is 3.86. The highest BCUT2D eigenvalue weighted by molar-refractivity contribution is 5.15. The van der Waals surface area contributed by atoms with Gasteiger partial charge < -0.3 is 14.3 Å². The van der Waals surface area contributed by atoms with Crippen molar-refractivity contribution in [2.75, 3.05) is 13.2 Å². The van der Waals surface area contributed by atoms with Gasteiger partial charge in [-0.05, 0) is 23.3 Å². The Bertz CT molecular complexity index is 729. The number of hydrogen-bond acceptors (Lipinski definition) is 4. The first-order chi connectivity index (χ1) is 12.8. The molecule has 1 unspecified atom stereocenters. The van der Waals surface area contributed by atoms with Crippen molar-refractivity contribution in [2.45, 2.75) is 25.8 Å². The molecule has 4 heteroatoms. The van der Waals surface area contributed by atoms with E-state index < -0.39 is 6.10 Å². The summed E-state index contributed by atoms with van der Waals surface area (Å²) in [5, 5.41) is 10.4. The Balaban J connectivity index is 1.52. The van der Waals surface area contributed by atoms with Crippen molar-refractivity contribution >= 4 is 0 Å². The molecule has 0 aliphatic carbocycles. The van der Waals surface area contributed by atoms with Crippen LogP contribution < -0.4 is 0 Å². The first kappa shape index (κ1) is 18.4. The largest absolute Gasteiger partial charge is 0.468 e. The summed E-state index contributed by atoms with van der Waals surface area (Å²) in [6, 6.07) is 24.1. The highest BCUT2D eigenvalue weighted by Gasteiger charge is 2.14. The minimum Gasteiger partial charge on any atom is -0.468 e. The van der Waals surface area contributed by atoms with E-state index in [0.717, 1.165) is 17.9 Å². The Morgan fingerprint density at radius 3 is 2.19 bits per heavy atom. The molecule has 3 rings (SSSR count). The molecule has 1 N–H and O–H groups in total. The topological polar surface area (TPSA) is 45.8 Å². The monoisotopic (exact) mass is 351 g/mol. The molecule has 0 saturated heterocycles. The van der Waals surface area contributed by atoms with Crippen LogP contribution >= 0.6 is 0 Å². The van der Waals surface area contributed by atoms with Crippen molar-refractivity contribution in [2.24, 2.45) is 0 Å². The molecular weight excluding hydrogens is 326 g/mol. The minimum absolute atomic E-state index is 0.304. The van der Waals surface area contributed by atoms with Gasteiger partial charge in [0.2, 0.25) is 0 Å². The lowest BCUT2D eigenvalue weighted by molar-refractivity contribution is 0.00613. The summed E-state index contributed by atoms with van der Waals surface area (Å²) < 4.78 is 11.1. The van der Waals surface area contributed by atoms with Gasteiger partial charge in [-0.15, -0.1) is 0 Å². The molecule has 0 aliphatic rings. The van der Waals surface area contributed by atoms with Gasteiger partial charge >= 0.3 is 0 Å². The number of furan rings is 1. The van der Waals surface area contributed by atoms with Crippen LogP contribution in [0.1, 0.15) is 16.9 Å². The molecule has 26 heavy (non-hydrogen) atoms. The maximum atomic E-state index is 10.4. The maximum Gasteiger partial charge on any atom is 0.117 e. The fraction of sp³-hybridized carbons (Fsp3) is 0.273. The summed E-state index contributed by atoms with van der Waals surface area (Å²) in [5.74, 6) is 0.887. The molecule has 0 saturated carbocycles. The van der Waals surface area contributed by atoms with Crippen molar-refractivity contribution in [3.8, 4) is 0 Å². The van der Waals surface area contributed by atoms with Crippen molar-refractivity contribution in [1.29, 1.82) is 0 Å². The maximum absolute atomic E-state index is 10.4. The van der Waals surface area contributed by atoms with Crippen LogP contribution in [0.4, 0.5) is 0 Å². The number of benzene rings is 2. The van der Waals surface area contributed by atoms with E-state index in [4.69, 9.17) is 9.15 Å². The fourth-order valence-corrected chi connectivity index (χ4v) is 2.89. The molecule has 3 aromatic rings. The number of ether oxygens (including phenoxy) is 1. The van der Waals surface area contributed by atoms with Gasteiger partial charge in [0, 0.05) is 13.1 Å². The van der Waals surface area contributed by atoms with E-state index >= 15 is 0 Å². The molecule has 136 valence electrons. The van der Waals surface area contributed by atoms with Crippen molar-refractivity contribution in [1.82, 2.24) is 4.90 Å². The van der Waals surface area contributed by atoms with E-state index in [0.29, 0.717) is 26.3 Å². The molecule has 0 bridgehead atoms. The SMILES string of the molecule is OC(COCc1ccccc1)CN(Cc1ccccc1)Cc1ccco1. The van der Waals surface area contributed by atoms with Crippen LogP contribution in [0.2, 0.25) is 0 Å². The summed E-state index contributed by atoms with van der Waals surface area (Å²) in [6.07, 6.45) is 1.12. The van der Waals surface area contributed by atoms with Gasteiger partial charge in [0.1, 0.15) is 5.76 Å². The second kappa shape index (κ2) is 9.92. The molecule has 0 aliphatic heterocycles. The van der Waals surface area contributed by atoms with E-state index in [1.54, 1.807) is 6.26 Å². The molecule has 0 radical (unpaired) electrons. The second-order valence-corrected chi connectivity index (χ2v) is 6.39. The molecule has 2 aromatic carbocycles. The van der Waals surface area contributed by atoms with Gasteiger partial charge in [-0.1, -0.05) is 60.7 Å². The molecule has 1 heterocycles. The zero-order chi connectivity index (χ0) is 18.0. The lowest BCUT2D eigenvalue weighted by atomic mass is 10.2. The zero-order valence-electron chi connectivity index (χ0n) is 14.8. The third-order valence-corrected chi connectivity index (χ3v) is 4.10. The third-order valence-electron chi connectivity index (χ3n) is 4.10. The molecule has 0 fully saturated rings. The van der Waals surface area contributed by atoms with Crippen LogP contribution in [-0.4, -0.2) is 29.3 Å². The predicted molar refractivity (Wildman–Crippen MR) is 101 cm³/mol. The van der Waals surface area contributed by atoms with Crippen molar-refractivity contribution in [3.63, 3.8) is 0 Å². The second-order valence-electron chi connectivity index (χ2n) is 6.39. The summed E-state index contributed by atoms with van der Waals surface area (Å²) in [4.78, 5) is 2.17. The normalized spacial score (nSPS) is 12.4. The number of aliphatic hydroxyl groups is 1. The van der Waals surface area contributed by atoms with Crippen molar-refractivity contribution in [3.05, 3.63) is 95.9 Å². The van der Waals surface area contributed by atoms with Crippen LogP contribution in [0.25, 0.3) is 0 Å². The Labute approximate surface area is 154 Å². The number of hydrogen-bond donors (Lipinski definition) is 1. The Kier molecular flexibility index (Phi) is 7.02. The van der Waals surface area contributed by atoms with Gasteiger partial charge in [-0.2, -0.15) is 0 Å². The average Bonchev–Trinajstić information content (AvgIpc) is 3.16. The molecular formula is C22H25NO3. The highest BCUT2D eigenvalue weighted by atomic mass is 16.5. The lowest BCUT2D eigenvalue weighted by Gasteiger charge is -2.24. The quantitative estimate of drug-likeness (QED) is 0.602.